The number of rotatable bonds is 6. The van der Waals surface area contributed by atoms with Crippen LogP contribution in [0.5, 0.6) is 0 Å². The molecule has 1 unspecified atom stereocenters. The number of guanidine groups is 1. The lowest BCUT2D eigenvalue weighted by Gasteiger charge is -2.15. The van der Waals surface area contributed by atoms with E-state index in [2.05, 4.69) is 39.6 Å². The van der Waals surface area contributed by atoms with Gasteiger partial charge in [-0.1, -0.05) is 25.9 Å². The molecular formula is C13H25N5O. The largest absolute Gasteiger partial charge is 0.356 e. The maximum Gasteiger partial charge on any atom is 0.228 e. The molecule has 1 heterocycles. The van der Waals surface area contributed by atoms with E-state index in [1.54, 1.807) is 7.05 Å². The SMILES string of the molecule is CCC(C)NC(=NC)NCCc1nc(C(C)C)no1. The standard InChI is InChI=1S/C13H25N5O/c1-6-10(4)16-13(14-5)15-8-7-11-17-12(9(2)3)18-19-11/h9-10H,6-8H2,1-5H3,(H2,14,15,16). The Kier molecular flexibility index (Phi) is 6.32. The van der Waals surface area contributed by atoms with Crippen LogP contribution in [0.25, 0.3) is 0 Å². The van der Waals surface area contributed by atoms with Crippen LogP contribution in [0.4, 0.5) is 0 Å². The van der Waals surface area contributed by atoms with Crippen LogP contribution in [-0.4, -0.2) is 35.7 Å². The molecule has 0 aliphatic heterocycles. The second-order valence-electron chi connectivity index (χ2n) is 4.90. The highest BCUT2D eigenvalue weighted by Crippen LogP contribution is 2.09. The van der Waals surface area contributed by atoms with E-state index in [1.807, 2.05) is 13.8 Å². The number of hydrogen-bond acceptors (Lipinski definition) is 4. The van der Waals surface area contributed by atoms with Crippen LogP contribution in [0.3, 0.4) is 0 Å². The molecule has 6 heteroatoms. The van der Waals surface area contributed by atoms with Gasteiger partial charge in [0.15, 0.2) is 11.8 Å². The van der Waals surface area contributed by atoms with E-state index in [9.17, 15) is 0 Å². The van der Waals surface area contributed by atoms with Gasteiger partial charge >= 0.3 is 0 Å². The summed E-state index contributed by atoms with van der Waals surface area (Å²) in [7, 11) is 1.77. The lowest BCUT2D eigenvalue weighted by atomic mass is 10.2. The highest BCUT2D eigenvalue weighted by molar-refractivity contribution is 5.79. The Balaban J connectivity index is 2.35. The van der Waals surface area contributed by atoms with E-state index in [0.29, 0.717) is 24.3 Å². The average molecular weight is 267 g/mol. The van der Waals surface area contributed by atoms with Crippen molar-refractivity contribution >= 4 is 5.96 Å². The van der Waals surface area contributed by atoms with Crippen LogP contribution in [-0.2, 0) is 6.42 Å². The lowest BCUT2D eigenvalue weighted by molar-refractivity contribution is 0.371. The van der Waals surface area contributed by atoms with Gasteiger partial charge in [-0.15, -0.1) is 0 Å². The van der Waals surface area contributed by atoms with Crippen LogP contribution >= 0.6 is 0 Å². The molecule has 2 N–H and O–H groups in total. The maximum absolute atomic E-state index is 5.18. The summed E-state index contributed by atoms with van der Waals surface area (Å²) >= 11 is 0. The third kappa shape index (κ3) is 5.28. The predicted molar refractivity (Wildman–Crippen MR) is 76.3 cm³/mol. The zero-order valence-electron chi connectivity index (χ0n) is 12.5. The molecular weight excluding hydrogens is 242 g/mol. The number of nitrogens with zero attached hydrogens (tertiary/aromatic N) is 3. The molecule has 1 aromatic heterocycles. The summed E-state index contributed by atoms with van der Waals surface area (Å²) in [5.41, 5.74) is 0. The minimum absolute atomic E-state index is 0.297. The first-order valence-electron chi connectivity index (χ1n) is 6.86. The van der Waals surface area contributed by atoms with E-state index in [-0.39, 0.29) is 0 Å². The Morgan fingerprint density at radius 1 is 1.37 bits per heavy atom. The Hall–Kier alpha value is -1.59. The third-order valence-corrected chi connectivity index (χ3v) is 2.85. The summed E-state index contributed by atoms with van der Waals surface area (Å²) in [4.78, 5) is 8.50. The normalized spacial score (nSPS) is 13.7. The first-order chi connectivity index (χ1) is 9.06. The fraction of sp³-hybridized carbons (Fsp3) is 0.769. The predicted octanol–water partition coefficient (Wildman–Crippen LogP) is 1.70. The van der Waals surface area contributed by atoms with Crippen molar-refractivity contribution in [3.8, 4) is 0 Å². The van der Waals surface area contributed by atoms with Crippen molar-refractivity contribution in [1.29, 1.82) is 0 Å². The Morgan fingerprint density at radius 2 is 2.11 bits per heavy atom. The molecule has 0 saturated heterocycles. The van der Waals surface area contributed by atoms with Crippen molar-refractivity contribution in [3.63, 3.8) is 0 Å². The van der Waals surface area contributed by atoms with E-state index < -0.39 is 0 Å². The summed E-state index contributed by atoms with van der Waals surface area (Å²) in [5, 5.41) is 10.5. The summed E-state index contributed by atoms with van der Waals surface area (Å²) in [6.45, 7) is 9.07. The van der Waals surface area contributed by atoms with E-state index >= 15 is 0 Å². The van der Waals surface area contributed by atoms with Gasteiger partial charge in [-0.05, 0) is 13.3 Å². The van der Waals surface area contributed by atoms with Gasteiger partial charge in [0.05, 0.1) is 0 Å². The van der Waals surface area contributed by atoms with Gasteiger partial charge in [0.25, 0.3) is 0 Å². The van der Waals surface area contributed by atoms with Crippen molar-refractivity contribution in [1.82, 2.24) is 20.8 Å². The van der Waals surface area contributed by atoms with E-state index in [0.717, 1.165) is 24.7 Å². The number of aromatic nitrogens is 2. The number of nitrogens with one attached hydrogen (secondary N) is 2. The summed E-state index contributed by atoms with van der Waals surface area (Å²) in [5.74, 6) is 2.52. The molecule has 1 rings (SSSR count). The lowest BCUT2D eigenvalue weighted by Crippen LogP contribution is -2.42. The minimum atomic E-state index is 0.297. The molecule has 108 valence electrons. The maximum atomic E-state index is 5.18. The summed E-state index contributed by atoms with van der Waals surface area (Å²) in [6, 6.07) is 0.405. The molecule has 0 radical (unpaired) electrons. The molecule has 0 aliphatic carbocycles. The summed E-state index contributed by atoms with van der Waals surface area (Å²) < 4.78 is 5.18. The zero-order valence-corrected chi connectivity index (χ0v) is 12.5. The van der Waals surface area contributed by atoms with Crippen molar-refractivity contribution in [2.75, 3.05) is 13.6 Å². The Labute approximate surface area is 115 Å². The average Bonchev–Trinajstić information content (AvgIpc) is 2.86. The van der Waals surface area contributed by atoms with E-state index in [4.69, 9.17) is 4.52 Å². The van der Waals surface area contributed by atoms with Crippen LogP contribution < -0.4 is 10.6 Å². The van der Waals surface area contributed by atoms with Crippen molar-refractivity contribution in [2.24, 2.45) is 4.99 Å². The highest BCUT2D eigenvalue weighted by Gasteiger charge is 2.09. The van der Waals surface area contributed by atoms with Crippen LogP contribution in [0.15, 0.2) is 9.52 Å². The van der Waals surface area contributed by atoms with Crippen molar-refractivity contribution in [3.05, 3.63) is 11.7 Å². The zero-order chi connectivity index (χ0) is 14.3. The second kappa shape index (κ2) is 7.76. The van der Waals surface area contributed by atoms with Crippen molar-refractivity contribution in [2.45, 2.75) is 52.5 Å². The number of aliphatic imine (C=N–C) groups is 1. The van der Waals surface area contributed by atoms with Crippen LogP contribution in [0, 0.1) is 0 Å². The third-order valence-electron chi connectivity index (χ3n) is 2.85. The van der Waals surface area contributed by atoms with Gasteiger partial charge in [-0.3, -0.25) is 4.99 Å². The van der Waals surface area contributed by atoms with E-state index in [1.165, 1.54) is 0 Å². The molecule has 0 amide bonds. The van der Waals surface area contributed by atoms with Crippen molar-refractivity contribution < 1.29 is 4.52 Å². The monoisotopic (exact) mass is 267 g/mol. The molecule has 6 nitrogen and oxygen atoms in total. The fourth-order valence-electron chi connectivity index (χ4n) is 1.42. The molecule has 0 bridgehead atoms. The quantitative estimate of drug-likeness (QED) is 0.606. The smallest absolute Gasteiger partial charge is 0.228 e. The van der Waals surface area contributed by atoms with Gasteiger partial charge in [0.2, 0.25) is 5.89 Å². The summed E-state index contributed by atoms with van der Waals surface area (Å²) in [6.07, 6.45) is 1.75. The fourth-order valence-corrected chi connectivity index (χ4v) is 1.42. The Morgan fingerprint density at radius 3 is 2.63 bits per heavy atom. The van der Waals surface area contributed by atoms with Gasteiger partial charge in [0.1, 0.15) is 0 Å². The first kappa shape index (κ1) is 15.5. The molecule has 0 aliphatic rings. The van der Waals surface area contributed by atoms with Gasteiger partial charge in [-0.25, -0.2) is 0 Å². The second-order valence-corrected chi connectivity index (χ2v) is 4.90. The molecule has 1 atom stereocenters. The van der Waals surface area contributed by atoms with Gasteiger partial charge in [0, 0.05) is 32.0 Å². The molecule has 19 heavy (non-hydrogen) atoms. The Bertz CT molecular complexity index is 399. The molecule has 0 spiro atoms. The van der Waals surface area contributed by atoms with Crippen LogP contribution in [0.2, 0.25) is 0 Å². The van der Waals surface area contributed by atoms with Gasteiger partial charge < -0.3 is 15.2 Å². The number of hydrogen-bond donors (Lipinski definition) is 2. The topological polar surface area (TPSA) is 75.3 Å². The minimum Gasteiger partial charge on any atom is -0.356 e. The van der Waals surface area contributed by atoms with Gasteiger partial charge in [-0.2, -0.15) is 4.98 Å². The first-order valence-corrected chi connectivity index (χ1v) is 6.86. The van der Waals surface area contributed by atoms with Crippen LogP contribution in [0.1, 0.15) is 51.7 Å². The molecule has 1 aromatic rings. The molecule has 0 aromatic carbocycles. The highest BCUT2D eigenvalue weighted by atomic mass is 16.5. The molecule has 0 fully saturated rings. The molecule has 0 saturated carbocycles.